The van der Waals surface area contributed by atoms with E-state index in [1.807, 2.05) is 18.0 Å². The molecule has 2 heterocycles. The fraction of sp³-hybridized carbons (Fsp3) is 0.714. The number of urea groups is 1. The van der Waals surface area contributed by atoms with E-state index in [2.05, 4.69) is 34.5 Å². The number of nitrogens with zero attached hydrogens (tertiary/aromatic N) is 1. The maximum atomic E-state index is 14.1. The van der Waals surface area contributed by atoms with Crippen LogP contribution in [-0.4, -0.2) is 82.2 Å². The van der Waals surface area contributed by atoms with Gasteiger partial charge >= 0.3 is 12.1 Å². The molecule has 2 saturated heterocycles. The molecule has 38 heavy (non-hydrogen) atoms. The van der Waals surface area contributed by atoms with Crippen molar-refractivity contribution in [3.8, 4) is 0 Å². The minimum Gasteiger partial charge on any atom is -0.453 e. The summed E-state index contributed by atoms with van der Waals surface area (Å²) in [5, 5.41) is 9.09. The molecule has 9 nitrogen and oxygen atoms in total. The third kappa shape index (κ3) is 9.39. The van der Waals surface area contributed by atoms with Gasteiger partial charge in [0.1, 0.15) is 5.82 Å². The van der Waals surface area contributed by atoms with Crippen LogP contribution in [0.25, 0.3) is 0 Å². The lowest BCUT2D eigenvalue weighted by atomic mass is 9.87. The lowest BCUT2D eigenvalue weighted by molar-refractivity contribution is -0.0547. The molecule has 6 atom stereocenters. The smallest absolute Gasteiger partial charge is 0.406 e. The molecule has 0 aromatic heterocycles. The van der Waals surface area contributed by atoms with Crippen molar-refractivity contribution in [2.45, 2.75) is 70.3 Å². The number of likely N-dealkylation sites (N-methyl/N-ethyl adjacent to an activating group) is 1. The van der Waals surface area contributed by atoms with Gasteiger partial charge in [-0.3, -0.25) is 0 Å². The van der Waals surface area contributed by atoms with Crippen LogP contribution in [0.3, 0.4) is 0 Å². The molecule has 1 aromatic rings. The molecule has 0 saturated carbocycles. The Hall–Kier alpha value is -2.43. The monoisotopic (exact) mass is 536 g/mol. The van der Waals surface area contributed by atoms with Crippen LogP contribution in [0, 0.1) is 17.7 Å². The van der Waals surface area contributed by atoms with Crippen LogP contribution in [-0.2, 0) is 14.2 Å². The molecule has 2 aliphatic rings. The first-order valence-corrected chi connectivity index (χ1v) is 13.8. The Kier molecular flexibility index (Phi) is 12.1. The van der Waals surface area contributed by atoms with Crippen molar-refractivity contribution in [1.29, 1.82) is 0 Å². The predicted molar refractivity (Wildman–Crippen MR) is 143 cm³/mol. The molecule has 2 aliphatic heterocycles. The number of carbonyl (C=O) groups is 2. The number of alkyl carbamates (subject to hydrolysis) is 1. The van der Waals surface area contributed by atoms with Gasteiger partial charge in [0.25, 0.3) is 0 Å². The fourth-order valence-electron chi connectivity index (χ4n) is 5.88. The first-order chi connectivity index (χ1) is 18.3. The molecule has 0 radical (unpaired) electrons. The van der Waals surface area contributed by atoms with Crippen LogP contribution < -0.4 is 16.0 Å². The van der Waals surface area contributed by atoms with Crippen molar-refractivity contribution in [3.05, 3.63) is 35.6 Å². The van der Waals surface area contributed by atoms with Crippen LogP contribution in [0.15, 0.2) is 24.3 Å². The summed E-state index contributed by atoms with van der Waals surface area (Å²) in [4.78, 5) is 26.6. The molecule has 3 amide bonds. The van der Waals surface area contributed by atoms with E-state index in [4.69, 9.17) is 9.47 Å². The lowest BCUT2D eigenvalue weighted by Gasteiger charge is -2.38. The summed E-state index contributed by atoms with van der Waals surface area (Å²) < 4.78 is 30.7. The standard InChI is InChI=1S/C28H45FN4O5/c1-19-13-21(14-20(2)38-19)15-25(17-30-3)32-27(34)33-11-6-8-23(18-33)26(22-7-5-9-24(29)16-22)37-12-10-31-28(35)36-4/h5,7,9,16,19-21,23,25-26,30H,6,8,10-15,17-18H2,1-4H3,(H,31,35)(H,32,34)/t19-,20+,21?,23-,25+,26?/m1/s1. The predicted octanol–water partition coefficient (Wildman–Crippen LogP) is 3.84. The highest BCUT2D eigenvalue weighted by Crippen LogP contribution is 2.33. The summed E-state index contributed by atoms with van der Waals surface area (Å²) in [6.07, 6.45) is 4.14. The van der Waals surface area contributed by atoms with Gasteiger partial charge in [0.2, 0.25) is 0 Å². The van der Waals surface area contributed by atoms with Crippen LogP contribution in [0.1, 0.15) is 57.6 Å². The Balaban J connectivity index is 1.63. The number of benzene rings is 1. The Labute approximate surface area is 226 Å². The average molecular weight is 537 g/mol. The highest BCUT2D eigenvalue weighted by atomic mass is 19.1. The van der Waals surface area contributed by atoms with Gasteiger partial charge in [-0.1, -0.05) is 12.1 Å². The molecule has 214 valence electrons. The summed E-state index contributed by atoms with van der Waals surface area (Å²) in [5.74, 6) is 0.168. The second kappa shape index (κ2) is 15.2. The topological polar surface area (TPSA) is 101 Å². The second-order valence-electron chi connectivity index (χ2n) is 10.6. The molecule has 1 aromatic carbocycles. The third-order valence-electron chi connectivity index (χ3n) is 7.40. The van der Waals surface area contributed by atoms with Crippen molar-refractivity contribution in [2.24, 2.45) is 11.8 Å². The van der Waals surface area contributed by atoms with Gasteiger partial charge in [-0.25, -0.2) is 14.0 Å². The molecule has 0 aliphatic carbocycles. The van der Waals surface area contributed by atoms with Crippen molar-refractivity contribution in [3.63, 3.8) is 0 Å². The molecule has 2 fully saturated rings. The number of amides is 3. The van der Waals surface area contributed by atoms with E-state index in [1.165, 1.54) is 19.2 Å². The maximum absolute atomic E-state index is 14.1. The Morgan fingerprint density at radius 1 is 1.24 bits per heavy atom. The summed E-state index contributed by atoms with van der Waals surface area (Å²) >= 11 is 0. The molecule has 2 unspecified atom stereocenters. The van der Waals surface area contributed by atoms with E-state index < -0.39 is 12.2 Å². The highest BCUT2D eigenvalue weighted by Gasteiger charge is 2.33. The third-order valence-corrected chi connectivity index (χ3v) is 7.40. The van der Waals surface area contributed by atoms with Crippen molar-refractivity contribution in [1.82, 2.24) is 20.9 Å². The number of carbonyl (C=O) groups excluding carboxylic acids is 2. The van der Waals surface area contributed by atoms with E-state index in [9.17, 15) is 14.0 Å². The van der Waals surface area contributed by atoms with Crippen molar-refractivity contribution < 1.29 is 28.2 Å². The van der Waals surface area contributed by atoms with Crippen LogP contribution in [0.4, 0.5) is 14.0 Å². The normalized spacial score (nSPS) is 25.3. The Morgan fingerprint density at radius 2 is 2.00 bits per heavy atom. The second-order valence-corrected chi connectivity index (χ2v) is 10.6. The highest BCUT2D eigenvalue weighted by molar-refractivity contribution is 5.74. The first kappa shape index (κ1) is 30.1. The molecule has 10 heteroatoms. The van der Waals surface area contributed by atoms with Crippen LogP contribution >= 0.6 is 0 Å². The molecule has 3 rings (SSSR count). The Bertz CT molecular complexity index is 881. The minimum absolute atomic E-state index is 0.00521. The SMILES string of the molecule is CNC[C@H](CC1C[C@@H](C)O[C@@H](C)C1)NC(=O)N1CCC[C@@H](C(OCCNC(=O)OC)c2cccc(F)c2)C1. The summed E-state index contributed by atoms with van der Waals surface area (Å²) in [6, 6.07) is 6.35. The van der Waals surface area contributed by atoms with Gasteiger partial charge in [-0.2, -0.15) is 0 Å². The number of nitrogens with one attached hydrogen (secondary N) is 3. The van der Waals surface area contributed by atoms with Gasteiger partial charge in [0.15, 0.2) is 0 Å². The summed E-state index contributed by atoms with van der Waals surface area (Å²) in [6.45, 7) is 6.62. The zero-order valence-electron chi connectivity index (χ0n) is 23.2. The quantitative estimate of drug-likeness (QED) is 0.372. The number of methoxy groups -OCH3 is 1. The molecule has 0 spiro atoms. The van der Waals surface area contributed by atoms with Gasteiger partial charge in [-0.05, 0) is 76.6 Å². The molecule has 0 bridgehead atoms. The van der Waals surface area contributed by atoms with E-state index in [1.54, 1.807) is 6.07 Å². The number of likely N-dealkylation sites (tertiary alicyclic amines) is 1. The lowest BCUT2D eigenvalue weighted by Crippen LogP contribution is -2.52. The minimum atomic E-state index is -0.530. The van der Waals surface area contributed by atoms with Gasteiger partial charge in [-0.15, -0.1) is 0 Å². The van der Waals surface area contributed by atoms with Gasteiger partial charge in [0, 0.05) is 38.1 Å². The first-order valence-electron chi connectivity index (χ1n) is 13.8. The van der Waals surface area contributed by atoms with Crippen molar-refractivity contribution in [2.75, 3.05) is 46.9 Å². The van der Waals surface area contributed by atoms with Gasteiger partial charge < -0.3 is 35.1 Å². The molecule has 3 N–H and O–H groups in total. The average Bonchev–Trinajstić information content (AvgIpc) is 2.88. The van der Waals surface area contributed by atoms with Crippen molar-refractivity contribution >= 4 is 12.1 Å². The fourth-order valence-corrected chi connectivity index (χ4v) is 5.88. The van der Waals surface area contributed by atoms with E-state index in [0.29, 0.717) is 25.6 Å². The zero-order chi connectivity index (χ0) is 27.5. The zero-order valence-corrected chi connectivity index (χ0v) is 23.2. The van der Waals surface area contributed by atoms with E-state index in [-0.39, 0.29) is 49.2 Å². The van der Waals surface area contributed by atoms with E-state index in [0.717, 1.165) is 37.7 Å². The number of hydrogen-bond acceptors (Lipinski definition) is 6. The number of ether oxygens (including phenoxy) is 3. The molecular weight excluding hydrogens is 491 g/mol. The van der Waals surface area contributed by atoms with Gasteiger partial charge in [0.05, 0.1) is 32.0 Å². The van der Waals surface area contributed by atoms with Crippen LogP contribution in [0.2, 0.25) is 0 Å². The maximum Gasteiger partial charge on any atom is 0.406 e. The Morgan fingerprint density at radius 3 is 2.68 bits per heavy atom. The van der Waals surface area contributed by atoms with E-state index >= 15 is 0 Å². The molecular formula is C28H45FN4O5. The number of piperidine rings is 1. The largest absolute Gasteiger partial charge is 0.453 e. The number of rotatable bonds is 11. The number of hydrogen-bond donors (Lipinski definition) is 3. The summed E-state index contributed by atoms with van der Waals surface area (Å²) in [5.41, 5.74) is 0.728. The number of halogens is 1. The van der Waals surface area contributed by atoms with Crippen LogP contribution in [0.5, 0.6) is 0 Å². The summed E-state index contributed by atoms with van der Waals surface area (Å²) in [7, 11) is 3.21.